The number of hydrogen-bond donors (Lipinski definition) is 0. The maximum absolute atomic E-state index is 11.0. The molecular weight excluding hydrogens is 142 g/mol. The molecule has 0 aromatic carbocycles. The molecule has 0 fully saturated rings. The van der Waals surface area contributed by atoms with Crippen molar-refractivity contribution in [3.8, 4) is 0 Å². The number of rotatable bonds is 2. The Labute approximate surface area is 45.1 Å². The maximum atomic E-state index is 11.0. The predicted molar refractivity (Wildman–Crippen MR) is 20.5 cm³/mol. The molecule has 49 valence electrons. The van der Waals surface area contributed by atoms with Crippen LogP contribution in [-0.4, -0.2) is 20.6 Å². The molecule has 0 aliphatic carbocycles. The van der Waals surface area contributed by atoms with Crippen molar-refractivity contribution in [2.75, 3.05) is 5.75 Å². The van der Waals surface area contributed by atoms with Crippen LogP contribution in [0.1, 0.15) is 0 Å². The molecule has 0 N–H and O–H groups in total. The molecule has 1 radical (unpaired) electrons. The third kappa shape index (κ3) is 5.77. The van der Waals surface area contributed by atoms with Gasteiger partial charge in [-0.15, -0.1) is 0 Å². The molecule has 0 spiro atoms. The summed E-state index contributed by atoms with van der Waals surface area (Å²) in [6.45, 7) is 0. The van der Waals surface area contributed by atoms with Crippen LogP contribution >= 0.6 is 0 Å². The molecule has 0 heterocycles. The molecule has 0 aromatic rings. The summed E-state index contributed by atoms with van der Waals surface area (Å²) in [5.41, 5.74) is 0. The van der Waals surface area contributed by atoms with Crippen molar-refractivity contribution in [2.24, 2.45) is 0 Å². The van der Waals surface area contributed by atoms with Crippen LogP contribution in [0.5, 0.6) is 0 Å². The first kappa shape index (κ1) is 7.77. The highest BCUT2D eigenvalue weighted by atomic mass is 32.2. The number of hydrogen-bond acceptors (Lipinski definition) is 2. The van der Waals surface area contributed by atoms with Crippen LogP contribution in [0, 0.1) is 0 Å². The summed E-state index contributed by atoms with van der Waals surface area (Å²) in [5, 5.41) is 0. The van der Waals surface area contributed by atoms with Gasteiger partial charge in [0.25, 0.3) is 16.5 Å². The fraction of sp³-hybridized carbons (Fsp3) is 1.00. The van der Waals surface area contributed by atoms with Crippen LogP contribution in [0.2, 0.25) is 0 Å². The quantitative estimate of drug-likeness (QED) is 0.549. The van der Waals surface area contributed by atoms with Gasteiger partial charge in [0.05, 0.1) is 0 Å². The highest BCUT2D eigenvalue weighted by molar-refractivity contribution is 7.85. The normalized spacial score (nSPS) is 12.5. The minimum Gasteiger partial charge on any atom is -0.209 e. The first-order chi connectivity index (χ1) is 3.42. The molecule has 0 atom stereocenters. The van der Waals surface area contributed by atoms with E-state index in [2.05, 4.69) is 0 Å². The van der Waals surface area contributed by atoms with Crippen LogP contribution in [0.3, 0.4) is 0 Å². The lowest BCUT2D eigenvalue weighted by molar-refractivity contribution is 0.170. The lowest BCUT2D eigenvalue weighted by atomic mass is 10.9. The van der Waals surface area contributed by atoms with Crippen molar-refractivity contribution >= 4 is 10.1 Å². The molecule has 0 aliphatic rings. The Bertz CT molecular complexity index is 149. The zero-order chi connectivity index (χ0) is 6.78. The van der Waals surface area contributed by atoms with E-state index in [-0.39, 0.29) is 0 Å². The van der Waals surface area contributed by atoms with Crippen LogP contribution in [0.25, 0.3) is 0 Å². The Hall–Kier alpha value is -0.230. The van der Waals surface area contributed by atoms with Crippen molar-refractivity contribution in [3.63, 3.8) is 0 Å². The first-order valence-electron chi connectivity index (χ1n) is 1.63. The molecular formula is C2H3F2O3S. The van der Waals surface area contributed by atoms with Crippen molar-refractivity contribution in [3.05, 3.63) is 0 Å². The summed E-state index contributed by atoms with van der Waals surface area (Å²) < 4.78 is 50.1. The second kappa shape index (κ2) is 2.36. The van der Waals surface area contributed by atoms with Crippen molar-refractivity contribution in [1.29, 1.82) is 0 Å². The molecule has 0 saturated carbocycles. The molecule has 0 aromatic heterocycles. The van der Waals surface area contributed by atoms with E-state index in [9.17, 15) is 21.8 Å². The van der Waals surface area contributed by atoms with Crippen molar-refractivity contribution in [1.82, 2.24) is 0 Å². The molecule has 0 bridgehead atoms. The monoisotopic (exact) mass is 145 g/mol. The average Bonchev–Trinajstić information content (AvgIpc) is 1.21. The lowest BCUT2D eigenvalue weighted by Crippen LogP contribution is -2.09. The van der Waals surface area contributed by atoms with Crippen molar-refractivity contribution < 1.29 is 21.8 Å². The van der Waals surface area contributed by atoms with Crippen LogP contribution < -0.4 is 0 Å². The zero-order valence-corrected chi connectivity index (χ0v) is 4.49. The van der Waals surface area contributed by atoms with E-state index in [0.29, 0.717) is 0 Å². The highest BCUT2D eigenvalue weighted by Crippen LogP contribution is 1.95. The summed E-state index contributed by atoms with van der Waals surface area (Å²) in [6, 6.07) is 0. The SMILES string of the molecule is [O]S(=O)(=O)CC(F)F. The fourth-order valence-electron chi connectivity index (χ4n) is 0.154. The van der Waals surface area contributed by atoms with Gasteiger partial charge in [0, 0.05) is 0 Å². The average molecular weight is 145 g/mol. The van der Waals surface area contributed by atoms with Gasteiger partial charge in [-0.05, 0) is 0 Å². The van der Waals surface area contributed by atoms with Gasteiger partial charge in [-0.1, -0.05) is 4.55 Å². The van der Waals surface area contributed by atoms with E-state index in [1.807, 2.05) is 0 Å². The fourth-order valence-corrected chi connectivity index (χ4v) is 0.463. The topological polar surface area (TPSA) is 54.0 Å². The zero-order valence-electron chi connectivity index (χ0n) is 3.67. The third-order valence-corrected chi connectivity index (χ3v) is 0.990. The molecule has 0 unspecified atom stereocenters. The number of alkyl halides is 2. The van der Waals surface area contributed by atoms with Gasteiger partial charge in [-0.2, -0.15) is 8.42 Å². The summed E-state index contributed by atoms with van der Waals surface area (Å²) in [7, 11) is -4.72. The summed E-state index contributed by atoms with van der Waals surface area (Å²) in [6.07, 6.45) is -3.06. The minimum absolute atomic E-state index is 1.59. The van der Waals surface area contributed by atoms with E-state index >= 15 is 0 Å². The molecule has 0 amide bonds. The Morgan fingerprint density at radius 2 is 1.75 bits per heavy atom. The van der Waals surface area contributed by atoms with Crippen LogP contribution in [0.4, 0.5) is 8.78 Å². The first-order valence-corrected chi connectivity index (χ1v) is 3.21. The van der Waals surface area contributed by atoms with Gasteiger partial charge in [0.2, 0.25) is 0 Å². The van der Waals surface area contributed by atoms with E-state index in [1.54, 1.807) is 0 Å². The van der Waals surface area contributed by atoms with Gasteiger partial charge in [-0.3, -0.25) is 0 Å². The lowest BCUT2D eigenvalue weighted by Gasteiger charge is -1.88. The third-order valence-electron chi connectivity index (χ3n) is 0.330. The van der Waals surface area contributed by atoms with E-state index in [1.165, 1.54) is 0 Å². The van der Waals surface area contributed by atoms with Crippen LogP contribution in [-0.2, 0) is 14.7 Å². The summed E-state index contributed by atoms with van der Waals surface area (Å²) >= 11 is 0. The van der Waals surface area contributed by atoms with E-state index < -0.39 is 22.3 Å². The molecule has 0 rings (SSSR count). The standard InChI is InChI=1S/C2H3F2O3S/c3-2(4)1-8(5,6)7/h2H,1H2. The van der Waals surface area contributed by atoms with E-state index in [4.69, 9.17) is 0 Å². The summed E-state index contributed by atoms with van der Waals surface area (Å²) in [5.74, 6) is -1.59. The van der Waals surface area contributed by atoms with E-state index in [0.717, 1.165) is 0 Å². The molecule has 3 nitrogen and oxygen atoms in total. The van der Waals surface area contributed by atoms with Gasteiger partial charge in [0.1, 0.15) is 5.75 Å². The smallest absolute Gasteiger partial charge is 0.209 e. The minimum atomic E-state index is -4.72. The Balaban J connectivity index is 3.75. The molecule has 6 heteroatoms. The Kier molecular flexibility index (Phi) is 2.29. The second-order valence-electron chi connectivity index (χ2n) is 1.12. The predicted octanol–water partition coefficient (Wildman–Crippen LogP) is 0.0118. The molecule has 0 saturated heterocycles. The Morgan fingerprint density at radius 3 is 1.75 bits per heavy atom. The summed E-state index contributed by atoms with van der Waals surface area (Å²) in [4.78, 5) is 0. The van der Waals surface area contributed by atoms with Gasteiger partial charge >= 0.3 is 0 Å². The molecule has 0 aliphatic heterocycles. The number of halogens is 2. The molecule has 8 heavy (non-hydrogen) atoms. The largest absolute Gasteiger partial charge is 0.300 e. The second-order valence-corrected chi connectivity index (χ2v) is 2.56. The van der Waals surface area contributed by atoms with Gasteiger partial charge in [-0.25, -0.2) is 8.78 Å². The van der Waals surface area contributed by atoms with Crippen molar-refractivity contribution in [2.45, 2.75) is 6.43 Å². The van der Waals surface area contributed by atoms with Gasteiger partial charge in [0.15, 0.2) is 0 Å². The van der Waals surface area contributed by atoms with Crippen LogP contribution in [0.15, 0.2) is 0 Å². The highest BCUT2D eigenvalue weighted by Gasteiger charge is 2.14. The van der Waals surface area contributed by atoms with Gasteiger partial charge < -0.3 is 0 Å². The Morgan fingerprint density at radius 1 is 1.38 bits per heavy atom. The maximum Gasteiger partial charge on any atom is 0.300 e.